The third-order valence-electron chi connectivity index (χ3n) is 2.98. The SMILES string of the molecule is CCCOCCCNC(=O)c1cc(N)nc(C(C)(C)C)c1. The summed E-state index contributed by atoms with van der Waals surface area (Å²) in [5, 5.41) is 2.88. The molecule has 0 aliphatic carbocycles. The Morgan fingerprint density at radius 2 is 2.05 bits per heavy atom. The lowest BCUT2D eigenvalue weighted by molar-refractivity contribution is 0.0941. The molecule has 1 rings (SSSR count). The number of amides is 1. The summed E-state index contributed by atoms with van der Waals surface area (Å²) in [7, 11) is 0. The van der Waals surface area contributed by atoms with Crippen molar-refractivity contribution in [2.75, 3.05) is 25.5 Å². The van der Waals surface area contributed by atoms with Gasteiger partial charge in [0.15, 0.2) is 0 Å². The predicted octanol–water partition coefficient (Wildman–Crippen LogP) is 2.51. The lowest BCUT2D eigenvalue weighted by Crippen LogP contribution is -2.26. The fourth-order valence-corrected chi connectivity index (χ4v) is 1.79. The summed E-state index contributed by atoms with van der Waals surface area (Å²) in [4.78, 5) is 16.4. The average molecular weight is 293 g/mol. The number of hydrogen-bond acceptors (Lipinski definition) is 4. The smallest absolute Gasteiger partial charge is 0.251 e. The van der Waals surface area contributed by atoms with Gasteiger partial charge in [0, 0.05) is 36.4 Å². The van der Waals surface area contributed by atoms with Crippen LogP contribution in [0.4, 0.5) is 5.82 Å². The van der Waals surface area contributed by atoms with Gasteiger partial charge in [-0.05, 0) is 25.0 Å². The Labute approximate surface area is 127 Å². The third kappa shape index (κ3) is 6.12. The second-order valence-electron chi connectivity index (χ2n) is 6.14. The highest BCUT2D eigenvalue weighted by atomic mass is 16.5. The highest BCUT2D eigenvalue weighted by molar-refractivity contribution is 5.94. The van der Waals surface area contributed by atoms with Crippen LogP contribution in [0.3, 0.4) is 0 Å². The quantitative estimate of drug-likeness (QED) is 0.757. The number of nitrogen functional groups attached to an aromatic ring is 1. The highest BCUT2D eigenvalue weighted by Gasteiger charge is 2.18. The minimum Gasteiger partial charge on any atom is -0.384 e. The van der Waals surface area contributed by atoms with E-state index in [2.05, 4.69) is 17.2 Å². The first-order chi connectivity index (χ1) is 9.84. The largest absolute Gasteiger partial charge is 0.384 e. The summed E-state index contributed by atoms with van der Waals surface area (Å²) < 4.78 is 5.37. The topological polar surface area (TPSA) is 77.2 Å². The zero-order valence-corrected chi connectivity index (χ0v) is 13.5. The van der Waals surface area contributed by atoms with E-state index in [-0.39, 0.29) is 11.3 Å². The fraction of sp³-hybridized carbons (Fsp3) is 0.625. The first-order valence-electron chi connectivity index (χ1n) is 7.48. The van der Waals surface area contributed by atoms with Crippen LogP contribution in [0.1, 0.15) is 56.6 Å². The van der Waals surface area contributed by atoms with E-state index in [1.165, 1.54) is 0 Å². The molecule has 0 saturated carbocycles. The molecule has 118 valence electrons. The molecule has 0 aliphatic heterocycles. The van der Waals surface area contributed by atoms with Crippen molar-refractivity contribution in [2.45, 2.75) is 46.0 Å². The van der Waals surface area contributed by atoms with Crippen LogP contribution in [0, 0.1) is 0 Å². The van der Waals surface area contributed by atoms with E-state index in [0.717, 1.165) is 25.1 Å². The van der Waals surface area contributed by atoms with Crippen molar-refractivity contribution in [3.8, 4) is 0 Å². The van der Waals surface area contributed by atoms with Crippen molar-refractivity contribution < 1.29 is 9.53 Å². The molecule has 5 heteroatoms. The van der Waals surface area contributed by atoms with Gasteiger partial charge < -0.3 is 15.8 Å². The number of aromatic nitrogens is 1. The van der Waals surface area contributed by atoms with E-state index >= 15 is 0 Å². The number of carbonyl (C=O) groups is 1. The zero-order valence-electron chi connectivity index (χ0n) is 13.5. The molecular formula is C16H27N3O2. The number of nitrogens with two attached hydrogens (primary N) is 1. The standard InChI is InChI=1S/C16H27N3O2/c1-5-8-21-9-6-7-18-15(20)12-10-13(16(2,3)4)19-14(17)11-12/h10-11H,5-9H2,1-4H3,(H2,17,19)(H,18,20). The molecule has 0 spiro atoms. The summed E-state index contributed by atoms with van der Waals surface area (Å²) in [5.74, 6) is 0.254. The van der Waals surface area contributed by atoms with E-state index < -0.39 is 0 Å². The van der Waals surface area contributed by atoms with Gasteiger partial charge in [-0.25, -0.2) is 4.98 Å². The van der Waals surface area contributed by atoms with Crippen LogP contribution in [0.2, 0.25) is 0 Å². The van der Waals surface area contributed by atoms with Gasteiger partial charge in [0.25, 0.3) is 5.91 Å². The van der Waals surface area contributed by atoms with Crippen LogP contribution in [0.25, 0.3) is 0 Å². The van der Waals surface area contributed by atoms with Crippen molar-refractivity contribution in [2.24, 2.45) is 0 Å². The Hall–Kier alpha value is -1.62. The molecule has 1 amide bonds. The Balaban J connectivity index is 2.56. The Morgan fingerprint density at radius 3 is 2.67 bits per heavy atom. The van der Waals surface area contributed by atoms with Crippen LogP contribution in [0.15, 0.2) is 12.1 Å². The van der Waals surface area contributed by atoms with Gasteiger partial charge in [0.1, 0.15) is 5.82 Å². The van der Waals surface area contributed by atoms with Crippen molar-refractivity contribution in [3.05, 3.63) is 23.4 Å². The molecular weight excluding hydrogens is 266 g/mol. The van der Waals surface area contributed by atoms with Crippen molar-refractivity contribution in [1.82, 2.24) is 10.3 Å². The van der Waals surface area contributed by atoms with Crippen molar-refractivity contribution in [3.63, 3.8) is 0 Å². The molecule has 0 saturated heterocycles. The normalized spacial score (nSPS) is 11.4. The number of pyridine rings is 1. The van der Waals surface area contributed by atoms with Gasteiger partial charge in [0.2, 0.25) is 0 Å². The third-order valence-corrected chi connectivity index (χ3v) is 2.98. The number of nitrogens with one attached hydrogen (secondary N) is 1. The summed E-state index contributed by atoms with van der Waals surface area (Å²) in [5.41, 5.74) is 7.03. The molecule has 5 nitrogen and oxygen atoms in total. The van der Waals surface area contributed by atoms with Gasteiger partial charge in [-0.2, -0.15) is 0 Å². The van der Waals surface area contributed by atoms with E-state index in [4.69, 9.17) is 10.5 Å². The van der Waals surface area contributed by atoms with Crippen LogP contribution in [-0.2, 0) is 10.2 Å². The monoisotopic (exact) mass is 293 g/mol. The van der Waals surface area contributed by atoms with Crippen molar-refractivity contribution in [1.29, 1.82) is 0 Å². The Kier molecular flexibility index (Phi) is 6.62. The summed E-state index contributed by atoms with van der Waals surface area (Å²) in [6, 6.07) is 3.41. The first kappa shape index (κ1) is 17.4. The number of carbonyl (C=O) groups excluding carboxylic acids is 1. The average Bonchev–Trinajstić information content (AvgIpc) is 2.40. The van der Waals surface area contributed by atoms with Crippen LogP contribution >= 0.6 is 0 Å². The molecule has 0 fully saturated rings. The van der Waals surface area contributed by atoms with Crippen LogP contribution in [-0.4, -0.2) is 30.6 Å². The molecule has 0 radical (unpaired) electrons. The van der Waals surface area contributed by atoms with E-state index in [9.17, 15) is 4.79 Å². The lowest BCUT2D eigenvalue weighted by Gasteiger charge is -2.19. The number of hydrogen-bond donors (Lipinski definition) is 2. The second-order valence-corrected chi connectivity index (χ2v) is 6.14. The molecule has 0 unspecified atom stereocenters. The predicted molar refractivity (Wildman–Crippen MR) is 85.4 cm³/mol. The van der Waals surface area contributed by atoms with E-state index in [0.29, 0.717) is 24.5 Å². The number of rotatable bonds is 7. The number of nitrogens with zero attached hydrogens (tertiary/aromatic N) is 1. The second kappa shape index (κ2) is 7.98. The lowest BCUT2D eigenvalue weighted by atomic mass is 9.90. The zero-order chi connectivity index (χ0) is 15.9. The van der Waals surface area contributed by atoms with Gasteiger partial charge in [-0.3, -0.25) is 4.79 Å². The van der Waals surface area contributed by atoms with E-state index in [1.54, 1.807) is 12.1 Å². The fourth-order valence-electron chi connectivity index (χ4n) is 1.79. The van der Waals surface area contributed by atoms with Gasteiger partial charge in [-0.1, -0.05) is 27.7 Å². The van der Waals surface area contributed by atoms with Gasteiger partial charge in [0.05, 0.1) is 0 Å². The molecule has 1 aromatic heterocycles. The van der Waals surface area contributed by atoms with Gasteiger partial charge in [-0.15, -0.1) is 0 Å². The van der Waals surface area contributed by atoms with Crippen molar-refractivity contribution >= 4 is 11.7 Å². The Bertz CT molecular complexity index is 467. The maximum Gasteiger partial charge on any atom is 0.251 e. The molecule has 0 aliphatic rings. The summed E-state index contributed by atoms with van der Waals surface area (Å²) >= 11 is 0. The maximum atomic E-state index is 12.1. The molecule has 0 bridgehead atoms. The first-order valence-corrected chi connectivity index (χ1v) is 7.48. The molecule has 1 heterocycles. The Morgan fingerprint density at radius 1 is 1.33 bits per heavy atom. The highest BCUT2D eigenvalue weighted by Crippen LogP contribution is 2.22. The van der Waals surface area contributed by atoms with Gasteiger partial charge >= 0.3 is 0 Å². The van der Waals surface area contributed by atoms with Crippen LogP contribution < -0.4 is 11.1 Å². The molecule has 0 atom stereocenters. The molecule has 21 heavy (non-hydrogen) atoms. The van der Waals surface area contributed by atoms with Crippen LogP contribution in [0.5, 0.6) is 0 Å². The number of ether oxygens (including phenoxy) is 1. The summed E-state index contributed by atoms with van der Waals surface area (Å²) in [6.45, 7) is 10.2. The number of anilines is 1. The van der Waals surface area contributed by atoms with E-state index in [1.807, 2.05) is 20.8 Å². The summed E-state index contributed by atoms with van der Waals surface area (Å²) in [6.07, 6.45) is 1.82. The molecule has 0 aromatic carbocycles. The minimum atomic E-state index is -0.140. The minimum absolute atomic E-state index is 0.120. The molecule has 3 N–H and O–H groups in total. The maximum absolute atomic E-state index is 12.1. The molecule has 1 aromatic rings.